The van der Waals surface area contributed by atoms with E-state index in [1.54, 1.807) is 12.1 Å². The molecule has 118 valence electrons. The number of rotatable bonds is 5. The van der Waals surface area contributed by atoms with Gasteiger partial charge in [0, 0.05) is 23.1 Å². The molecular formula is C15H23BrN2O2S. The van der Waals surface area contributed by atoms with E-state index in [2.05, 4.69) is 22.5 Å². The number of sulfonamides is 1. The maximum atomic E-state index is 13.0. The Morgan fingerprint density at radius 3 is 2.38 bits per heavy atom. The minimum atomic E-state index is -3.65. The molecule has 1 rings (SSSR count). The summed E-state index contributed by atoms with van der Waals surface area (Å²) in [6.07, 6.45) is 1.59. The van der Waals surface area contributed by atoms with Crippen molar-refractivity contribution >= 4 is 26.0 Å². The van der Waals surface area contributed by atoms with Gasteiger partial charge in [-0.25, -0.2) is 8.42 Å². The van der Waals surface area contributed by atoms with E-state index in [0.717, 1.165) is 11.1 Å². The van der Waals surface area contributed by atoms with Crippen molar-refractivity contribution in [3.05, 3.63) is 40.4 Å². The Balaban J connectivity index is 3.55. The number of halogens is 1. The first kappa shape index (κ1) is 18.4. The van der Waals surface area contributed by atoms with Crippen molar-refractivity contribution in [1.29, 1.82) is 0 Å². The lowest BCUT2D eigenvalue weighted by atomic mass is 10.1. The molecule has 0 aromatic heterocycles. The first-order valence-electron chi connectivity index (χ1n) is 6.68. The van der Waals surface area contributed by atoms with Gasteiger partial charge in [-0.3, -0.25) is 0 Å². The highest BCUT2D eigenvalue weighted by Crippen LogP contribution is 2.32. The Hall–Kier alpha value is -0.690. The van der Waals surface area contributed by atoms with Crippen molar-refractivity contribution in [2.75, 3.05) is 6.54 Å². The molecule has 0 fully saturated rings. The van der Waals surface area contributed by atoms with Crippen molar-refractivity contribution in [2.45, 2.75) is 44.7 Å². The van der Waals surface area contributed by atoms with Crippen LogP contribution in [0.5, 0.6) is 0 Å². The van der Waals surface area contributed by atoms with Crippen molar-refractivity contribution in [3.63, 3.8) is 0 Å². The second kappa shape index (κ2) is 6.60. The molecule has 0 aliphatic rings. The molecule has 0 atom stereocenters. The van der Waals surface area contributed by atoms with Crippen LogP contribution < -0.4 is 5.73 Å². The van der Waals surface area contributed by atoms with E-state index in [1.165, 1.54) is 4.31 Å². The van der Waals surface area contributed by atoms with Gasteiger partial charge >= 0.3 is 0 Å². The highest BCUT2D eigenvalue weighted by molar-refractivity contribution is 9.10. The second-order valence-corrected chi connectivity index (χ2v) is 8.55. The Labute approximate surface area is 136 Å². The van der Waals surface area contributed by atoms with E-state index in [9.17, 15) is 8.42 Å². The first-order chi connectivity index (χ1) is 9.55. The third-order valence-electron chi connectivity index (χ3n) is 3.13. The molecule has 0 aliphatic heterocycles. The highest BCUT2D eigenvalue weighted by Gasteiger charge is 2.34. The van der Waals surface area contributed by atoms with Gasteiger partial charge in [-0.1, -0.05) is 12.1 Å². The maximum absolute atomic E-state index is 13.0. The molecular weight excluding hydrogens is 352 g/mol. The molecule has 0 saturated heterocycles. The van der Waals surface area contributed by atoms with Crippen LogP contribution in [0.15, 0.2) is 34.2 Å². The fourth-order valence-electron chi connectivity index (χ4n) is 2.08. The minimum absolute atomic E-state index is 0.250. The van der Waals surface area contributed by atoms with E-state index in [1.807, 2.05) is 33.8 Å². The van der Waals surface area contributed by atoms with E-state index < -0.39 is 15.6 Å². The Kier molecular flexibility index (Phi) is 5.77. The molecule has 0 bridgehead atoms. The molecule has 0 aliphatic carbocycles. The number of aryl methyl sites for hydroxylation is 1. The predicted molar refractivity (Wildman–Crippen MR) is 90.6 cm³/mol. The number of hydrogen-bond acceptors (Lipinski definition) is 3. The summed E-state index contributed by atoms with van der Waals surface area (Å²) in [6, 6.07) is 3.52. The molecule has 0 unspecified atom stereocenters. The second-order valence-electron chi connectivity index (χ2n) is 5.92. The highest BCUT2D eigenvalue weighted by atomic mass is 79.9. The molecule has 0 radical (unpaired) electrons. The van der Waals surface area contributed by atoms with Gasteiger partial charge in [0.2, 0.25) is 10.0 Å². The van der Waals surface area contributed by atoms with Crippen LogP contribution >= 0.6 is 15.9 Å². The molecule has 0 heterocycles. The lowest BCUT2D eigenvalue weighted by Gasteiger charge is -2.34. The third-order valence-corrected chi connectivity index (χ3v) is 6.60. The minimum Gasteiger partial charge on any atom is -0.326 e. The van der Waals surface area contributed by atoms with Crippen molar-refractivity contribution in [2.24, 2.45) is 5.73 Å². The summed E-state index contributed by atoms with van der Waals surface area (Å²) in [6.45, 7) is 11.7. The van der Waals surface area contributed by atoms with Gasteiger partial charge in [0.05, 0.1) is 4.90 Å². The monoisotopic (exact) mass is 374 g/mol. The van der Waals surface area contributed by atoms with E-state index >= 15 is 0 Å². The molecule has 0 amide bonds. The summed E-state index contributed by atoms with van der Waals surface area (Å²) in [4.78, 5) is 0.250. The van der Waals surface area contributed by atoms with Crippen LogP contribution in [-0.4, -0.2) is 24.8 Å². The summed E-state index contributed by atoms with van der Waals surface area (Å²) < 4.78 is 28.1. The molecule has 2 N–H and O–H groups in total. The molecule has 0 saturated carbocycles. The van der Waals surface area contributed by atoms with E-state index in [0.29, 0.717) is 11.0 Å². The van der Waals surface area contributed by atoms with Crippen LogP contribution in [0.1, 0.15) is 31.9 Å². The zero-order valence-corrected chi connectivity index (χ0v) is 15.4. The quantitative estimate of drug-likeness (QED) is 0.804. The average molecular weight is 375 g/mol. The average Bonchev–Trinajstić information content (AvgIpc) is 2.37. The van der Waals surface area contributed by atoms with Crippen LogP contribution in [0.3, 0.4) is 0 Å². The number of nitrogens with two attached hydrogens (primary N) is 1. The van der Waals surface area contributed by atoms with Crippen LogP contribution in [-0.2, 0) is 16.6 Å². The fourth-order valence-corrected chi connectivity index (χ4v) is 4.87. The van der Waals surface area contributed by atoms with E-state index in [-0.39, 0.29) is 11.4 Å². The van der Waals surface area contributed by atoms with Crippen molar-refractivity contribution < 1.29 is 8.42 Å². The zero-order chi connectivity index (χ0) is 16.4. The molecule has 21 heavy (non-hydrogen) atoms. The number of hydrogen-bond donors (Lipinski definition) is 1. The van der Waals surface area contributed by atoms with Gasteiger partial charge in [-0.15, -0.1) is 6.58 Å². The summed E-state index contributed by atoms with van der Waals surface area (Å²) in [5.41, 5.74) is 6.76. The predicted octanol–water partition coefficient (Wildman–Crippen LogP) is 3.19. The van der Waals surface area contributed by atoms with E-state index in [4.69, 9.17) is 5.73 Å². The van der Waals surface area contributed by atoms with Gasteiger partial charge in [0.15, 0.2) is 0 Å². The van der Waals surface area contributed by atoms with Gasteiger partial charge in [0.1, 0.15) is 0 Å². The smallest absolute Gasteiger partial charge is 0.244 e. The van der Waals surface area contributed by atoms with Crippen molar-refractivity contribution in [3.8, 4) is 0 Å². The largest absolute Gasteiger partial charge is 0.326 e. The van der Waals surface area contributed by atoms with Crippen LogP contribution in [0.4, 0.5) is 0 Å². The molecule has 1 aromatic carbocycles. The number of nitrogens with zero attached hydrogens (tertiary/aromatic N) is 1. The fraction of sp³-hybridized carbons (Fsp3) is 0.467. The van der Waals surface area contributed by atoms with Crippen molar-refractivity contribution in [1.82, 2.24) is 4.31 Å². The molecule has 1 aromatic rings. The van der Waals surface area contributed by atoms with Gasteiger partial charge in [-0.2, -0.15) is 4.31 Å². The molecule has 4 nitrogen and oxygen atoms in total. The lowest BCUT2D eigenvalue weighted by Crippen LogP contribution is -2.45. The summed E-state index contributed by atoms with van der Waals surface area (Å²) in [5.74, 6) is 0. The molecule has 0 spiro atoms. The van der Waals surface area contributed by atoms with Gasteiger partial charge < -0.3 is 5.73 Å². The van der Waals surface area contributed by atoms with Gasteiger partial charge in [0.25, 0.3) is 0 Å². The van der Waals surface area contributed by atoms with Gasteiger partial charge in [-0.05, 0) is 60.8 Å². The molecule has 6 heteroatoms. The van der Waals surface area contributed by atoms with Crippen LogP contribution in [0.2, 0.25) is 0 Å². The zero-order valence-electron chi connectivity index (χ0n) is 13.0. The summed E-state index contributed by atoms with van der Waals surface area (Å²) in [5, 5.41) is 0. The normalized spacial score (nSPS) is 12.7. The number of benzene rings is 1. The lowest BCUT2D eigenvalue weighted by molar-refractivity contribution is 0.269. The Morgan fingerprint density at radius 1 is 1.38 bits per heavy atom. The Bertz CT molecular complexity index is 634. The van der Waals surface area contributed by atoms with Crippen LogP contribution in [0, 0.1) is 6.92 Å². The maximum Gasteiger partial charge on any atom is 0.244 e. The summed E-state index contributed by atoms with van der Waals surface area (Å²) in [7, 11) is -3.65. The Morgan fingerprint density at radius 2 is 1.95 bits per heavy atom. The topological polar surface area (TPSA) is 63.4 Å². The first-order valence-corrected chi connectivity index (χ1v) is 8.91. The van der Waals surface area contributed by atoms with Crippen LogP contribution in [0.25, 0.3) is 0 Å². The standard InChI is InChI=1S/C15H23BrN2O2S/c1-6-7-18(15(3,4)5)21(19,20)13-9-12(10-17)8-11(2)14(13)16/h6,8-9H,1,7,10,17H2,2-5H3. The summed E-state index contributed by atoms with van der Waals surface area (Å²) >= 11 is 3.39. The SMILES string of the molecule is C=CCN(C(C)(C)C)S(=O)(=O)c1cc(CN)cc(C)c1Br. The third kappa shape index (κ3) is 3.94.